The van der Waals surface area contributed by atoms with Gasteiger partial charge in [0.1, 0.15) is 5.92 Å². The minimum Gasteiger partial charge on any atom is -0.462 e. The Balaban J connectivity index is 1.18. The van der Waals surface area contributed by atoms with Crippen LogP contribution in [0.5, 0.6) is 0 Å². The predicted molar refractivity (Wildman–Crippen MR) is 156 cm³/mol. The predicted octanol–water partition coefficient (Wildman–Crippen LogP) is 6.85. The molecule has 2 amide bonds. The van der Waals surface area contributed by atoms with Gasteiger partial charge in [-0.3, -0.25) is 29.1 Å². The molecule has 2 heterocycles. The highest BCUT2D eigenvalue weighted by Crippen LogP contribution is 2.48. The topological polar surface area (TPSA) is 111 Å². The molecule has 0 atom stereocenters. The second kappa shape index (κ2) is 10.8. The number of rotatable bonds is 6. The second-order valence-electron chi connectivity index (χ2n) is 9.57. The molecule has 210 valence electrons. The number of imide groups is 1. The van der Waals surface area contributed by atoms with Crippen molar-refractivity contribution < 1.29 is 28.7 Å². The Labute approximate surface area is 258 Å². The Morgan fingerprint density at radius 1 is 0.762 bits per heavy atom. The molecule has 0 unspecified atom stereocenters. The summed E-state index contributed by atoms with van der Waals surface area (Å²) in [4.78, 5) is 70.1. The molecule has 2 aliphatic rings. The Morgan fingerprint density at radius 3 is 1.95 bits per heavy atom. The van der Waals surface area contributed by atoms with Gasteiger partial charge in [0.05, 0.1) is 65.7 Å². The minimum absolute atomic E-state index is 0.0376. The number of benzene rings is 3. The van der Waals surface area contributed by atoms with Crippen molar-refractivity contribution in [2.24, 2.45) is 0 Å². The number of esters is 1. The zero-order valence-corrected chi connectivity index (χ0v) is 24.3. The van der Waals surface area contributed by atoms with E-state index in [1.54, 1.807) is 48.5 Å². The van der Waals surface area contributed by atoms with Crippen LogP contribution in [0.25, 0.3) is 10.9 Å². The van der Waals surface area contributed by atoms with Crippen molar-refractivity contribution >= 4 is 86.7 Å². The van der Waals surface area contributed by atoms with E-state index >= 15 is 0 Å². The molecule has 0 spiro atoms. The molecule has 12 heteroatoms. The summed E-state index contributed by atoms with van der Waals surface area (Å²) < 4.78 is 5.42. The fourth-order valence-electron chi connectivity index (χ4n) is 5.19. The van der Waals surface area contributed by atoms with E-state index in [4.69, 9.17) is 51.1 Å². The first-order valence-corrected chi connectivity index (χ1v) is 14.1. The maximum Gasteiger partial charge on any atom is 0.338 e. The van der Waals surface area contributed by atoms with Crippen molar-refractivity contribution in [3.05, 3.63) is 108 Å². The van der Waals surface area contributed by atoms with Crippen molar-refractivity contribution in [1.29, 1.82) is 0 Å². The summed E-state index contributed by atoms with van der Waals surface area (Å²) in [5.41, 5.74) is 1.19. The van der Waals surface area contributed by atoms with E-state index in [0.717, 1.165) is 4.90 Å². The molecule has 0 N–H and O–H groups in total. The largest absolute Gasteiger partial charge is 0.462 e. The lowest BCUT2D eigenvalue weighted by atomic mass is 9.97. The number of carbonyl (C=O) groups excluding carboxylic acids is 5. The van der Waals surface area contributed by atoms with Crippen molar-refractivity contribution in [2.45, 2.75) is 12.3 Å². The van der Waals surface area contributed by atoms with Gasteiger partial charge >= 0.3 is 5.97 Å². The van der Waals surface area contributed by atoms with Crippen LogP contribution < -0.4 is 0 Å². The van der Waals surface area contributed by atoms with Crippen LogP contribution in [0.3, 0.4) is 0 Å². The molecule has 0 bridgehead atoms. The highest BCUT2D eigenvalue weighted by atomic mass is 35.5. The molecule has 1 aliphatic heterocycles. The van der Waals surface area contributed by atoms with Gasteiger partial charge in [-0.2, -0.15) is 0 Å². The van der Waals surface area contributed by atoms with Crippen molar-refractivity contribution in [3.8, 4) is 0 Å². The van der Waals surface area contributed by atoms with E-state index in [2.05, 4.69) is 4.98 Å². The van der Waals surface area contributed by atoms with E-state index in [1.165, 1.54) is 6.07 Å². The Hall–Kier alpha value is -3.82. The maximum atomic E-state index is 13.3. The zero-order chi connectivity index (χ0) is 29.9. The summed E-state index contributed by atoms with van der Waals surface area (Å²) in [6.45, 7) is 0.0560. The van der Waals surface area contributed by atoms with E-state index in [0.29, 0.717) is 22.0 Å². The lowest BCUT2D eigenvalue weighted by Crippen LogP contribution is -2.31. The lowest BCUT2D eigenvalue weighted by molar-refractivity contribution is 0.0484. The molecule has 6 rings (SSSR count). The number of halogens is 4. The first kappa shape index (κ1) is 28.3. The van der Waals surface area contributed by atoms with Crippen molar-refractivity contribution in [3.63, 3.8) is 0 Å². The molecule has 0 saturated heterocycles. The first-order chi connectivity index (χ1) is 20.1. The van der Waals surface area contributed by atoms with Gasteiger partial charge in [0.2, 0.25) is 0 Å². The number of pyridine rings is 1. The number of aromatic nitrogens is 1. The Bertz CT molecular complexity index is 1820. The van der Waals surface area contributed by atoms with E-state index in [9.17, 15) is 24.0 Å². The molecule has 8 nitrogen and oxygen atoms in total. The summed E-state index contributed by atoms with van der Waals surface area (Å²) in [5.74, 6) is -3.93. The van der Waals surface area contributed by atoms with Gasteiger partial charge in [-0.15, -0.1) is 0 Å². The average molecular weight is 642 g/mol. The number of hydrogen-bond acceptors (Lipinski definition) is 7. The van der Waals surface area contributed by atoms with Crippen LogP contribution in [0, 0.1) is 0 Å². The van der Waals surface area contributed by atoms with Crippen LogP contribution in [0.15, 0.2) is 54.6 Å². The highest BCUT2D eigenvalue weighted by molar-refractivity contribution is 6.55. The van der Waals surface area contributed by atoms with Gasteiger partial charge in [-0.25, -0.2) is 4.79 Å². The van der Waals surface area contributed by atoms with Crippen LogP contribution >= 0.6 is 46.4 Å². The third-order valence-electron chi connectivity index (χ3n) is 7.19. The van der Waals surface area contributed by atoms with E-state index in [1.807, 2.05) is 0 Å². The monoisotopic (exact) mass is 640 g/mol. The van der Waals surface area contributed by atoms with Crippen molar-refractivity contribution in [1.82, 2.24) is 9.88 Å². The Morgan fingerprint density at radius 2 is 1.36 bits per heavy atom. The quantitative estimate of drug-likeness (QED) is 0.0565. The van der Waals surface area contributed by atoms with Crippen LogP contribution in [0.4, 0.5) is 0 Å². The standard InChI is InChI=1S/C30H16Cl4N2O6/c31-22-20-21(23(32)25(34)24(22)33)27(38)19(26(20)37)18-10-9-13-16(7-3-8-17(13)35-18)30(41)42-12-4-11-36-28(39)14-5-1-2-6-15(14)29(36)40/h1-3,5-10,19H,4,11-12H2. The molecular weight excluding hydrogens is 626 g/mol. The van der Waals surface area contributed by atoms with E-state index in [-0.39, 0.29) is 73.9 Å². The summed E-state index contributed by atoms with van der Waals surface area (Å²) >= 11 is 24.7. The van der Waals surface area contributed by atoms with Gasteiger partial charge in [0.15, 0.2) is 11.6 Å². The van der Waals surface area contributed by atoms with Gasteiger partial charge in [0, 0.05) is 11.9 Å². The van der Waals surface area contributed by atoms with Gasteiger partial charge < -0.3 is 4.74 Å². The normalized spacial score (nSPS) is 14.6. The van der Waals surface area contributed by atoms with Crippen LogP contribution in [0.2, 0.25) is 20.1 Å². The average Bonchev–Trinajstić information content (AvgIpc) is 3.40. The summed E-state index contributed by atoms with van der Waals surface area (Å²) in [6, 6.07) is 14.4. The number of hydrogen-bond donors (Lipinski definition) is 0. The molecule has 3 aromatic carbocycles. The summed E-state index contributed by atoms with van der Waals surface area (Å²) in [5, 5.41) is -0.125. The van der Waals surface area contributed by atoms with Gasteiger partial charge in [-0.05, 0) is 36.8 Å². The summed E-state index contributed by atoms with van der Waals surface area (Å²) in [7, 11) is 0. The summed E-state index contributed by atoms with van der Waals surface area (Å²) in [6.07, 6.45) is 0.246. The molecule has 0 saturated carbocycles. The highest BCUT2D eigenvalue weighted by Gasteiger charge is 2.45. The SMILES string of the molecule is O=C(OCCCN1C(=O)c2ccccc2C1=O)c1cccc2nc(C3C(=O)c4c(Cl)c(Cl)c(Cl)c(Cl)c4C3=O)ccc12. The minimum atomic E-state index is -1.31. The number of nitrogens with zero attached hydrogens (tertiary/aromatic N) is 2. The molecule has 0 fully saturated rings. The molecule has 42 heavy (non-hydrogen) atoms. The van der Waals surface area contributed by atoms with Gasteiger partial charge in [-0.1, -0.05) is 70.7 Å². The molecular formula is C30H16Cl4N2O6. The Kier molecular flexibility index (Phi) is 7.27. The molecule has 1 aromatic heterocycles. The van der Waals surface area contributed by atoms with Crippen LogP contribution in [0.1, 0.15) is 69.8 Å². The molecule has 1 aliphatic carbocycles. The van der Waals surface area contributed by atoms with Crippen LogP contribution in [-0.4, -0.2) is 52.4 Å². The first-order valence-electron chi connectivity index (χ1n) is 12.6. The smallest absolute Gasteiger partial charge is 0.338 e. The number of carbonyl (C=O) groups is 5. The number of amides is 2. The fraction of sp³-hybridized carbons (Fsp3) is 0.133. The van der Waals surface area contributed by atoms with Crippen LogP contribution in [-0.2, 0) is 4.74 Å². The zero-order valence-electron chi connectivity index (χ0n) is 21.3. The molecule has 4 aromatic rings. The number of fused-ring (bicyclic) bond motifs is 3. The number of ether oxygens (including phenoxy) is 1. The number of ketones is 2. The van der Waals surface area contributed by atoms with Crippen molar-refractivity contribution in [2.75, 3.05) is 13.2 Å². The lowest BCUT2D eigenvalue weighted by Gasteiger charge is -2.14. The molecule has 0 radical (unpaired) electrons. The van der Waals surface area contributed by atoms with E-state index < -0.39 is 23.5 Å². The maximum absolute atomic E-state index is 13.3. The van der Waals surface area contributed by atoms with Gasteiger partial charge in [0.25, 0.3) is 11.8 Å². The fourth-order valence-corrected chi connectivity index (χ4v) is 6.23. The number of Topliss-reactive ketones (excluding diaryl/α,β-unsaturated/α-hetero) is 2. The third-order valence-corrected chi connectivity index (χ3v) is 8.99. The third kappa shape index (κ3) is 4.37. The second-order valence-corrected chi connectivity index (χ2v) is 11.1.